The maximum absolute atomic E-state index is 13.1. The number of aliphatic hydroxyl groups is 1. The number of morpholine rings is 1. The van der Waals surface area contributed by atoms with Gasteiger partial charge in [0, 0.05) is 0 Å². The van der Waals surface area contributed by atoms with Gasteiger partial charge in [-0.25, -0.2) is 4.79 Å². The van der Waals surface area contributed by atoms with Gasteiger partial charge in [0.15, 0.2) is 0 Å². The van der Waals surface area contributed by atoms with Crippen LogP contribution < -0.4 is 10.2 Å². The lowest BCUT2D eigenvalue weighted by Crippen LogP contribution is -3.15. The number of fused-ring (bicyclic) bond motifs is 1. The quantitative estimate of drug-likeness (QED) is 0.591. The SMILES string of the molecule is C[C@@]1(c2ccc3c(c2)CCC3)NC(=O)N(C[C@@H](O)C[NH+]2CCOCC2)C1=O. The Kier molecular flexibility index (Phi) is 4.92. The Morgan fingerprint density at radius 3 is 2.78 bits per heavy atom. The highest BCUT2D eigenvalue weighted by atomic mass is 16.5. The van der Waals surface area contributed by atoms with E-state index < -0.39 is 17.7 Å². The molecule has 1 aromatic carbocycles. The van der Waals surface area contributed by atoms with Gasteiger partial charge in [-0.3, -0.25) is 9.69 Å². The highest BCUT2D eigenvalue weighted by Crippen LogP contribution is 2.32. The molecule has 2 heterocycles. The van der Waals surface area contributed by atoms with Crippen molar-refractivity contribution in [3.8, 4) is 0 Å². The van der Waals surface area contributed by atoms with Gasteiger partial charge in [-0.2, -0.15) is 0 Å². The van der Waals surface area contributed by atoms with E-state index in [9.17, 15) is 14.7 Å². The number of rotatable bonds is 5. The van der Waals surface area contributed by atoms with Crippen molar-refractivity contribution in [2.45, 2.75) is 37.8 Å². The van der Waals surface area contributed by atoms with Crippen molar-refractivity contribution in [1.29, 1.82) is 0 Å². The van der Waals surface area contributed by atoms with Crippen LogP contribution in [0.1, 0.15) is 30.0 Å². The van der Waals surface area contributed by atoms with Crippen LogP contribution in [0.4, 0.5) is 4.79 Å². The summed E-state index contributed by atoms with van der Waals surface area (Å²) < 4.78 is 5.33. The summed E-state index contributed by atoms with van der Waals surface area (Å²) in [6.07, 6.45) is 2.49. The number of carbonyl (C=O) groups is 2. The number of imide groups is 1. The first-order chi connectivity index (χ1) is 13.0. The first-order valence-corrected chi connectivity index (χ1v) is 9.83. The number of urea groups is 1. The van der Waals surface area contributed by atoms with Crippen LogP contribution in [-0.2, 0) is 27.9 Å². The number of carbonyl (C=O) groups excluding carboxylic acids is 2. The van der Waals surface area contributed by atoms with Crippen LogP contribution in [0.3, 0.4) is 0 Å². The molecule has 0 aromatic heterocycles. The van der Waals surface area contributed by atoms with Crippen molar-refractivity contribution in [2.75, 3.05) is 39.4 Å². The number of aliphatic hydroxyl groups excluding tert-OH is 1. The number of hydrogen-bond donors (Lipinski definition) is 3. The predicted molar refractivity (Wildman–Crippen MR) is 98.5 cm³/mol. The van der Waals surface area contributed by atoms with E-state index in [4.69, 9.17) is 4.74 Å². The minimum atomic E-state index is -1.07. The molecule has 0 radical (unpaired) electrons. The number of β-amino-alcohol motifs (C(OH)–C–C–N with tert-alkyl or cyclic N) is 1. The fraction of sp³-hybridized carbons (Fsp3) is 0.600. The van der Waals surface area contributed by atoms with Gasteiger partial charge in [-0.15, -0.1) is 0 Å². The van der Waals surface area contributed by atoms with Gasteiger partial charge >= 0.3 is 6.03 Å². The summed E-state index contributed by atoms with van der Waals surface area (Å²) in [5.74, 6) is -0.290. The fourth-order valence-corrected chi connectivity index (χ4v) is 4.41. The molecule has 2 atom stereocenters. The molecule has 3 amide bonds. The van der Waals surface area contributed by atoms with E-state index in [2.05, 4.69) is 17.4 Å². The molecule has 27 heavy (non-hydrogen) atoms. The van der Waals surface area contributed by atoms with Crippen molar-refractivity contribution >= 4 is 11.9 Å². The lowest BCUT2D eigenvalue weighted by molar-refractivity contribution is -0.910. The van der Waals surface area contributed by atoms with Crippen LogP contribution in [0.25, 0.3) is 0 Å². The van der Waals surface area contributed by atoms with Crippen LogP contribution in [0.5, 0.6) is 0 Å². The summed E-state index contributed by atoms with van der Waals surface area (Å²) in [6, 6.07) is 5.64. The average molecular weight is 374 g/mol. The van der Waals surface area contributed by atoms with E-state index in [0.717, 1.165) is 42.8 Å². The minimum absolute atomic E-state index is 0.0234. The van der Waals surface area contributed by atoms with Gasteiger partial charge in [-0.05, 0) is 42.9 Å². The molecule has 0 unspecified atom stereocenters. The Morgan fingerprint density at radius 1 is 1.26 bits per heavy atom. The van der Waals surface area contributed by atoms with E-state index in [0.29, 0.717) is 19.8 Å². The topological polar surface area (TPSA) is 83.3 Å². The number of nitrogens with zero attached hydrogens (tertiary/aromatic N) is 1. The Balaban J connectivity index is 1.46. The molecule has 7 nitrogen and oxygen atoms in total. The van der Waals surface area contributed by atoms with E-state index in [-0.39, 0.29) is 12.5 Å². The molecule has 2 saturated heterocycles. The zero-order valence-corrected chi connectivity index (χ0v) is 15.8. The van der Waals surface area contributed by atoms with Crippen LogP contribution >= 0.6 is 0 Å². The molecule has 3 aliphatic rings. The Hall–Kier alpha value is -1.96. The number of hydrogen-bond acceptors (Lipinski definition) is 4. The normalized spacial score (nSPS) is 27.0. The van der Waals surface area contributed by atoms with Crippen molar-refractivity contribution in [2.24, 2.45) is 0 Å². The number of quaternary nitrogens is 1. The van der Waals surface area contributed by atoms with Crippen molar-refractivity contribution in [3.05, 3.63) is 34.9 Å². The van der Waals surface area contributed by atoms with Gasteiger partial charge in [0.1, 0.15) is 31.3 Å². The smallest absolute Gasteiger partial charge is 0.325 e. The summed E-state index contributed by atoms with van der Waals surface area (Å²) in [4.78, 5) is 28.0. The molecule has 7 heteroatoms. The third-order valence-electron chi connectivity index (χ3n) is 6.07. The molecule has 0 bridgehead atoms. The van der Waals surface area contributed by atoms with Crippen LogP contribution in [0.15, 0.2) is 18.2 Å². The van der Waals surface area contributed by atoms with Crippen molar-refractivity contribution < 1.29 is 24.3 Å². The largest absolute Gasteiger partial charge is 0.385 e. The summed E-state index contributed by atoms with van der Waals surface area (Å²) in [5.41, 5.74) is 2.35. The van der Waals surface area contributed by atoms with Gasteiger partial charge in [0.05, 0.1) is 19.8 Å². The Labute approximate surface area is 159 Å². The van der Waals surface area contributed by atoms with Gasteiger partial charge < -0.3 is 20.1 Å². The average Bonchev–Trinajstić information content (AvgIpc) is 3.21. The van der Waals surface area contributed by atoms with E-state index in [1.165, 1.54) is 16.0 Å². The monoisotopic (exact) mass is 374 g/mol. The standard InChI is InChI=1S/C20H27N3O4/c1-20(16-6-5-14-3-2-4-15(14)11-16)18(25)23(19(26)21-20)13-17(24)12-22-7-9-27-10-8-22/h5-6,11,17,24H,2-4,7-10,12-13H2,1H3,(H,21,26)/p+1/t17-,20-/m0/s1. The molecule has 2 fully saturated rings. The maximum Gasteiger partial charge on any atom is 0.325 e. The molecule has 4 rings (SSSR count). The summed E-state index contributed by atoms with van der Waals surface area (Å²) in [7, 11) is 0. The summed E-state index contributed by atoms with van der Waals surface area (Å²) in [6.45, 7) is 5.33. The number of nitrogens with one attached hydrogen (secondary N) is 2. The minimum Gasteiger partial charge on any atom is -0.385 e. The lowest BCUT2D eigenvalue weighted by Gasteiger charge is -2.27. The predicted octanol–water partition coefficient (Wildman–Crippen LogP) is -0.782. The zero-order chi connectivity index (χ0) is 19.0. The molecule has 1 aromatic rings. The van der Waals surface area contributed by atoms with E-state index >= 15 is 0 Å². The number of ether oxygens (including phenoxy) is 1. The van der Waals surface area contributed by atoms with Crippen molar-refractivity contribution in [1.82, 2.24) is 10.2 Å². The zero-order valence-electron chi connectivity index (χ0n) is 15.8. The molecule has 1 aliphatic carbocycles. The number of benzene rings is 1. The summed E-state index contributed by atoms with van der Waals surface area (Å²) >= 11 is 0. The lowest BCUT2D eigenvalue weighted by atomic mass is 9.89. The third kappa shape index (κ3) is 3.47. The molecule has 0 spiro atoms. The first-order valence-electron chi connectivity index (χ1n) is 9.83. The molecular formula is C20H28N3O4+. The van der Waals surface area contributed by atoms with Crippen molar-refractivity contribution in [3.63, 3.8) is 0 Å². The van der Waals surface area contributed by atoms with Crippen LogP contribution in [0, 0.1) is 0 Å². The highest BCUT2D eigenvalue weighted by Gasteiger charge is 2.49. The van der Waals surface area contributed by atoms with E-state index in [1.807, 2.05) is 6.07 Å². The second-order valence-electron chi connectivity index (χ2n) is 8.03. The number of amides is 3. The van der Waals surface area contributed by atoms with Gasteiger partial charge in [0.25, 0.3) is 5.91 Å². The van der Waals surface area contributed by atoms with Crippen LogP contribution in [0.2, 0.25) is 0 Å². The Bertz CT molecular complexity index is 747. The highest BCUT2D eigenvalue weighted by molar-refractivity contribution is 6.07. The second-order valence-corrected chi connectivity index (χ2v) is 8.03. The number of aryl methyl sites for hydroxylation is 2. The first kappa shape index (κ1) is 18.4. The second kappa shape index (κ2) is 7.22. The third-order valence-corrected chi connectivity index (χ3v) is 6.07. The summed E-state index contributed by atoms with van der Waals surface area (Å²) in [5, 5.41) is 13.3. The molecule has 146 valence electrons. The van der Waals surface area contributed by atoms with Gasteiger partial charge in [-0.1, -0.05) is 18.2 Å². The van der Waals surface area contributed by atoms with Gasteiger partial charge in [0.2, 0.25) is 0 Å². The van der Waals surface area contributed by atoms with E-state index in [1.54, 1.807) is 6.92 Å². The fourth-order valence-electron chi connectivity index (χ4n) is 4.41. The molecule has 2 aliphatic heterocycles. The molecular weight excluding hydrogens is 346 g/mol. The Morgan fingerprint density at radius 2 is 2.00 bits per heavy atom. The van der Waals surface area contributed by atoms with Crippen LogP contribution in [-0.4, -0.2) is 67.4 Å². The molecule has 3 N–H and O–H groups in total. The maximum atomic E-state index is 13.1. The molecule has 0 saturated carbocycles.